The first-order valence-electron chi connectivity index (χ1n) is 7.31. The molecular formula is C15H21N3O3. The zero-order valence-electron chi connectivity index (χ0n) is 12.2. The molecule has 21 heavy (non-hydrogen) atoms. The van der Waals surface area contributed by atoms with Crippen LogP contribution in [0.3, 0.4) is 0 Å². The fourth-order valence-electron chi connectivity index (χ4n) is 2.56. The Labute approximate surface area is 123 Å². The average Bonchev–Trinajstić information content (AvgIpc) is 3.12. The fraction of sp³-hybridized carbons (Fsp3) is 0.533. The van der Waals surface area contributed by atoms with Gasteiger partial charge in [-0.25, -0.2) is 4.79 Å². The molecule has 1 aliphatic rings. The molecule has 2 N–H and O–H groups in total. The van der Waals surface area contributed by atoms with E-state index in [-0.39, 0.29) is 12.1 Å². The molecule has 0 radical (unpaired) electrons. The van der Waals surface area contributed by atoms with Gasteiger partial charge in [0.15, 0.2) is 0 Å². The lowest BCUT2D eigenvalue weighted by Crippen LogP contribution is -2.40. The van der Waals surface area contributed by atoms with E-state index >= 15 is 0 Å². The summed E-state index contributed by atoms with van der Waals surface area (Å²) in [6.45, 7) is 1.81. The van der Waals surface area contributed by atoms with Crippen molar-refractivity contribution in [1.29, 1.82) is 0 Å². The van der Waals surface area contributed by atoms with Gasteiger partial charge in [-0.2, -0.15) is 5.10 Å². The van der Waals surface area contributed by atoms with Crippen LogP contribution in [0, 0.1) is 0 Å². The Balaban J connectivity index is 2.00. The van der Waals surface area contributed by atoms with Crippen molar-refractivity contribution in [3.8, 4) is 0 Å². The predicted molar refractivity (Wildman–Crippen MR) is 78.1 cm³/mol. The van der Waals surface area contributed by atoms with E-state index in [2.05, 4.69) is 10.4 Å². The number of rotatable bonds is 6. The first-order chi connectivity index (χ1) is 10.1. The zero-order valence-corrected chi connectivity index (χ0v) is 12.2. The Bertz CT molecular complexity index is 530. The van der Waals surface area contributed by atoms with Crippen LogP contribution in [-0.2, 0) is 4.79 Å². The van der Waals surface area contributed by atoms with Crippen molar-refractivity contribution in [2.24, 2.45) is 0 Å². The van der Waals surface area contributed by atoms with Crippen LogP contribution in [0.2, 0.25) is 0 Å². The Hall–Kier alpha value is -2.11. The summed E-state index contributed by atoms with van der Waals surface area (Å²) in [5, 5.41) is 15.9. The fourth-order valence-corrected chi connectivity index (χ4v) is 2.56. The summed E-state index contributed by atoms with van der Waals surface area (Å²) in [5.41, 5.74) is 0.272. The molecule has 0 bridgehead atoms. The maximum atomic E-state index is 12.1. The maximum Gasteiger partial charge on any atom is 0.326 e. The number of hydrogen-bond donors (Lipinski definition) is 2. The van der Waals surface area contributed by atoms with Gasteiger partial charge in [0, 0.05) is 6.20 Å². The second kappa shape index (κ2) is 7.06. The molecule has 1 unspecified atom stereocenters. The lowest BCUT2D eigenvalue weighted by atomic mass is 10.2. The lowest BCUT2D eigenvalue weighted by Gasteiger charge is -2.12. The summed E-state index contributed by atoms with van der Waals surface area (Å²) in [6, 6.07) is 1.08. The molecule has 0 aliphatic heterocycles. The molecule has 1 heterocycles. The third-order valence-corrected chi connectivity index (χ3v) is 3.75. The van der Waals surface area contributed by atoms with Crippen LogP contribution < -0.4 is 5.32 Å². The number of aliphatic carboxylic acids is 1. The van der Waals surface area contributed by atoms with Gasteiger partial charge < -0.3 is 10.4 Å². The molecule has 1 aromatic rings. The number of hydrogen-bond acceptors (Lipinski definition) is 3. The summed E-state index contributed by atoms with van der Waals surface area (Å²) in [5.74, 6) is -1.49. The number of amides is 1. The predicted octanol–water partition coefficient (Wildman–Crippen LogP) is 2.15. The largest absolute Gasteiger partial charge is 0.480 e. The van der Waals surface area contributed by atoms with Crippen molar-refractivity contribution < 1.29 is 14.7 Å². The molecule has 0 saturated heterocycles. The molecule has 0 spiro atoms. The number of carbonyl (C=O) groups is 2. The third-order valence-electron chi connectivity index (χ3n) is 3.75. The Kier molecular flexibility index (Phi) is 5.14. The highest BCUT2D eigenvalue weighted by Gasteiger charge is 2.22. The van der Waals surface area contributed by atoms with Crippen molar-refractivity contribution in [1.82, 2.24) is 15.1 Å². The Morgan fingerprint density at radius 2 is 2.24 bits per heavy atom. The maximum absolute atomic E-state index is 12.1. The van der Waals surface area contributed by atoms with Crippen molar-refractivity contribution in [3.63, 3.8) is 0 Å². The molecule has 6 nitrogen and oxygen atoms in total. The van der Waals surface area contributed by atoms with Gasteiger partial charge in [0.2, 0.25) is 0 Å². The monoisotopic (exact) mass is 291 g/mol. The molecule has 0 aromatic carbocycles. The molecular weight excluding hydrogens is 270 g/mol. The number of nitrogens with zero attached hydrogens (tertiary/aromatic N) is 2. The number of nitrogens with one attached hydrogen (secondary N) is 1. The van der Waals surface area contributed by atoms with E-state index in [0.717, 1.165) is 12.8 Å². The lowest BCUT2D eigenvalue weighted by molar-refractivity contribution is -0.139. The second-order valence-corrected chi connectivity index (χ2v) is 5.29. The quantitative estimate of drug-likeness (QED) is 0.786. The smallest absolute Gasteiger partial charge is 0.326 e. The number of carbonyl (C=O) groups excluding carboxylic acids is 1. The van der Waals surface area contributed by atoms with Crippen LogP contribution in [0.4, 0.5) is 0 Å². The first kappa shape index (κ1) is 15.3. The summed E-state index contributed by atoms with van der Waals surface area (Å²) >= 11 is 0. The molecule has 1 fully saturated rings. The summed E-state index contributed by atoms with van der Waals surface area (Å²) in [4.78, 5) is 23.2. The number of carboxylic acids is 1. The Morgan fingerprint density at radius 3 is 2.86 bits per heavy atom. The molecule has 1 amide bonds. The van der Waals surface area contributed by atoms with E-state index in [9.17, 15) is 9.59 Å². The van der Waals surface area contributed by atoms with Crippen molar-refractivity contribution in [2.75, 3.05) is 0 Å². The summed E-state index contributed by atoms with van der Waals surface area (Å²) in [6.07, 6.45) is 10.1. The topological polar surface area (TPSA) is 84.2 Å². The molecule has 1 aromatic heterocycles. The highest BCUT2D eigenvalue weighted by Crippen LogP contribution is 2.28. The summed E-state index contributed by atoms with van der Waals surface area (Å²) in [7, 11) is 0. The van der Waals surface area contributed by atoms with Crippen molar-refractivity contribution in [3.05, 3.63) is 30.1 Å². The number of carboxylic acid groups (broad SMARTS) is 1. The van der Waals surface area contributed by atoms with Crippen LogP contribution in [0.15, 0.2) is 24.4 Å². The van der Waals surface area contributed by atoms with Crippen LogP contribution in [0.1, 0.15) is 55.6 Å². The highest BCUT2D eigenvalue weighted by molar-refractivity contribution is 5.94. The zero-order chi connectivity index (χ0) is 15.2. The van der Waals surface area contributed by atoms with Crippen LogP contribution >= 0.6 is 0 Å². The average molecular weight is 291 g/mol. The van der Waals surface area contributed by atoms with Gasteiger partial charge in [-0.05, 0) is 32.3 Å². The highest BCUT2D eigenvalue weighted by atomic mass is 16.4. The van der Waals surface area contributed by atoms with Crippen molar-refractivity contribution in [2.45, 2.75) is 51.1 Å². The van der Waals surface area contributed by atoms with E-state index < -0.39 is 17.9 Å². The standard InChI is InChI=1S/C15H21N3O3/c1-2-3-8-13(15(20)21)16-14(19)12-9-10-18(17-12)11-6-4-5-7-11/h2-3,9-11,13H,4-8H2,1H3,(H,16,19)(H,20,21)/b3-2+. The van der Waals surface area contributed by atoms with Crippen LogP contribution in [0.5, 0.6) is 0 Å². The molecule has 1 aliphatic carbocycles. The number of allylic oxidation sites excluding steroid dienone is 1. The van der Waals surface area contributed by atoms with Crippen LogP contribution in [-0.4, -0.2) is 32.8 Å². The van der Waals surface area contributed by atoms with Gasteiger partial charge in [0.1, 0.15) is 11.7 Å². The second-order valence-electron chi connectivity index (χ2n) is 5.29. The summed E-state index contributed by atoms with van der Waals surface area (Å²) < 4.78 is 1.82. The van der Waals surface area contributed by atoms with Gasteiger partial charge in [-0.3, -0.25) is 9.48 Å². The molecule has 6 heteroatoms. The minimum absolute atomic E-state index is 0.265. The molecule has 114 valence electrons. The third kappa shape index (κ3) is 3.93. The van der Waals surface area contributed by atoms with Gasteiger partial charge in [-0.15, -0.1) is 0 Å². The van der Waals surface area contributed by atoms with Crippen molar-refractivity contribution >= 4 is 11.9 Å². The van der Waals surface area contributed by atoms with Gasteiger partial charge in [0.05, 0.1) is 6.04 Å². The van der Waals surface area contributed by atoms with Gasteiger partial charge >= 0.3 is 5.97 Å². The van der Waals surface area contributed by atoms with Gasteiger partial charge in [-0.1, -0.05) is 25.0 Å². The van der Waals surface area contributed by atoms with E-state index in [1.807, 2.05) is 11.6 Å². The SMILES string of the molecule is C/C=C/CC(NC(=O)c1ccn(C2CCCC2)n1)C(=O)O. The van der Waals surface area contributed by atoms with E-state index in [1.54, 1.807) is 24.4 Å². The first-order valence-corrected chi connectivity index (χ1v) is 7.31. The molecule has 1 atom stereocenters. The molecule has 1 saturated carbocycles. The molecule has 2 rings (SSSR count). The van der Waals surface area contributed by atoms with E-state index in [4.69, 9.17) is 5.11 Å². The van der Waals surface area contributed by atoms with E-state index in [0.29, 0.717) is 6.04 Å². The van der Waals surface area contributed by atoms with Gasteiger partial charge in [0.25, 0.3) is 5.91 Å². The van der Waals surface area contributed by atoms with Crippen LogP contribution in [0.25, 0.3) is 0 Å². The minimum Gasteiger partial charge on any atom is -0.480 e. The minimum atomic E-state index is -1.04. The van der Waals surface area contributed by atoms with E-state index in [1.165, 1.54) is 12.8 Å². The normalized spacial score (nSPS) is 17.2. The number of aromatic nitrogens is 2. The Morgan fingerprint density at radius 1 is 1.52 bits per heavy atom.